The Balaban J connectivity index is 0.000000380. The van der Waals surface area contributed by atoms with Gasteiger partial charge in [-0.25, -0.2) is 9.97 Å². The van der Waals surface area contributed by atoms with Gasteiger partial charge in [0.2, 0.25) is 5.91 Å². The molecule has 1 amide bonds. The Morgan fingerprint density at radius 1 is 0.696 bits per heavy atom. The molecule has 4 aromatic rings. The predicted octanol–water partition coefficient (Wildman–Crippen LogP) is 7.52. The summed E-state index contributed by atoms with van der Waals surface area (Å²) in [7, 11) is 0. The molecule has 0 aliphatic heterocycles. The number of nitrogens with two attached hydrogens (primary N) is 1. The summed E-state index contributed by atoms with van der Waals surface area (Å²) in [6, 6.07) is 15.5. The molecule has 0 unspecified atom stereocenters. The molecule has 0 bridgehead atoms. The first-order valence-electron chi connectivity index (χ1n) is 14.9. The number of ether oxygens (including phenoxy) is 2. The minimum absolute atomic E-state index is 0. The fourth-order valence-electron chi connectivity index (χ4n) is 4.42. The summed E-state index contributed by atoms with van der Waals surface area (Å²) in [4.78, 5) is 31.1. The lowest BCUT2D eigenvalue weighted by Gasteiger charge is -2.15. The van der Waals surface area contributed by atoms with E-state index in [0.29, 0.717) is 24.8 Å². The first-order chi connectivity index (χ1) is 21.4. The number of rotatable bonds is 9. The number of hydrogen-bond acceptors (Lipinski definition) is 7. The van der Waals surface area contributed by atoms with Crippen molar-refractivity contribution in [3.8, 4) is 11.5 Å². The number of amides is 1. The number of nitrogens with zero attached hydrogens (tertiary/aromatic N) is 2. The van der Waals surface area contributed by atoms with Gasteiger partial charge < -0.3 is 25.6 Å². The quantitative estimate of drug-likeness (QED) is 0.173. The number of pyridine rings is 2. The molecule has 0 aliphatic rings. The van der Waals surface area contributed by atoms with Gasteiger partial charge in [-0.15, -0.1) is 0 Å². The van der Waals surface area contributed by atoms with E-state index >= 15 is 0 Å². The van der Waals surface area contributed by atoms with Crippen LogP contribution < -0.4 is 20.5 Å². The Morgan fingerprint density at radius 3 is 1.57 bits per heavy atom. The minimum atomic E-state index is -0.829. The van der Waals surface area contributed by atoms with Gasteiger partial charge in [-0.3, -0.25) is 9.59 Å². The van der Waals surface area contributed by atoms with Crippen LogP contribution in [0.5, 0.6) is 11.5 Å². The van der Waals surface area contributed by atoms with E-state index in [-0.39, 0.29) is 26.2 Å². The van der Waals surface area contributed by atoms with Crippen LogP contribution in [0.1, 0.15) is 65.8 Å². The fourth-order valence-corrected chi connectivity index (χ4v) is 4.42. The number of carboxylic acid groups (broad SMARTS) is 1. The lowest BCUT2D eigenvalue weighted by atomic mass is 10.0. The average molecular weight is 631 g/mol. The Kier molecular flexibility index (Phi) is 16.5. The summed E-state index contributed by atoms with van der Waals surface area (Å²) in [5, 5.41) is 11.7. The molecular formula is C37H50N4O5. The van der Waals surface area contributed by atoms with Crippen molar-refractivity contribution in [3.05, 3.63) is 105 Å². The van der Waals surface area contributed by atoms with E-state index < -0.39 is 5.97 Å². The topological polar surface area (TPSA) is 137 Å². The number of aryl methyl sites for hydroxylation is 6. The van der Waals surface area contributed by atoms with Gasteiger partial charge in [-0.2, -0.15) is 0 Å². The second-order valence-corrected chi connectivity index (χ2v) is 10.6. The van der Waals surface area contributed by atoms with Crippen molar-refractivity contribution in [3.63, 3.8) is 0 Å². The zero-order valence-electron chi connectivity index (χ0n) is 27.7. The van der Waals surface area contributed by atoms with E-state index in [9.17, 15) is 9.59 Å². The molecule has 0 radical (unpaired) electrons. The number of benzene rings is 2. The van der Waals surface area contributed by atoms with Crippen molar-refractivity contribution in [2.75, 3.05) is 24.3 Å². The van der Waals surface area contributed by atoms with Crippen LogP contribution in [0.3, 0.4) is 0 Å². The first kappa shape index (κ1) is 39.1. The van der Waals surface area contributed by atoms with Gasteiger partial charge in [0.25, 0.3) is 0 Å². The highest BCUT2D eigenvalue weighted by molar-refractivity contribution is 5.92. The molecule has 0 atom stereocenters. The number of carbonyl (C=O) groups is 2. The molecule has 4 rings (SSSR count). The van der Waals surface area contributed by atoms with E-state index in [1.165, 1.54) is 0 Å². The molecular weight excluding hydrogens is 580 g/mol. The third-order valence-electron chi connectivity index (χ3n) is 6.94. The van der Waals surface area contributed by atoms with E-state index in [2.05, 4.69) is 15.3 Å². The molecule has 0 aliphatic carbocycles. The molecule has 2 aromatic heterocycles. The van der Waals surface area contributed by atoms with Gasteiger partial charge in [0.1, 0.15) is 23.1 Å². The molecule has 0 fully saturated rings. The van der Waals surface area contributed by atoms with Gasteiger partial charge in [-0.05, 0) is 101 Å². The summed E-state index contributed by atoms with van der Waals surface area (Å²) >= 11 is 0. The van der Waals surface area contributed by atoms with Crippen molar-refractivity contribution >= 4 is 23.5 Å². The SMILES string of the molecule is C.CCOc1c(C)ccc(C)c1CC(=O)Nc1ncccc1C.CCOc1c(C)ccc(C)c1CC(=O)O.Cc1cccnc1N. The molecule has 0 saturated heterocycles. The van der Waals surface area contributed by atoms with Gasteiger partial charge in [-0.1, -0.05) is 43.8 Å². The third kappa shape index (κ3) is 11.9. The summed E-state index contributed by atoms with van der Waals surface area (Å²) in [5.74, 6) is 1.85. The molecule has 2 aromatic carbocycles. The Bertz CT molecular complexity index is 1570. The van der Waals surface area contributed by atoms with Crippen molar-refractivity contribution in [1.82, 2.24) is 9.97 Å². The molecule has 9 heteroatoms. The Labute approximate surface area is 274 Å². The normalized spacial score (nSPS) is 9.83. The summed E-state index contributed by atoms with van der Waals surface area (Å²) in [6.07, 6.45) is 3.65. The summed E-state index contributed by atoms with van der Waals surface area (Å²) < 4.78 is 11.2. The van der Waals surface area contributed by atoms with Crippen LogP contribution in [0.15, 0.2) is 60.9 Å². The van der Waals surface area contributed by atoms with E-state index in [1.807, 2.05) is 104 Å². The molecule has 0 spiro atoms. The van der Waals surface area contributed by atoms with E-state index in [0.717, 1.165) is 56.0 Å². The maximum Gasteiger partial charge on any atom is 0.307 e. The fraction of sp³-hybridized carbons (Fsp3) is 0.351. The van der Waals surface area contributed by atoms with Crippen molar-refractivity contribution in [2.24, 2.45) is 0 Å². The van der Waals surface area contributed by atoms with Crippen LogP contribution >= 0.6 is 0 Å². The third-order valence-corrected chi connectivity index (χ3v) is 6.94. The Morgan fingerprint density at radius 2 is 1.15 bits per heavy atom. The van der Waals surface area contributed by atoms with Crippen molar-refractivity contribution in [2.45, 2.75) is 75.7 Å². The van der Waals surface area contributed by atoms with Crippen LogP contribution in [0.2, 0.25) is 0 Å². The number of nitrogen functional groups attached to an aromatic ring is 1. The van der Waals surface area contributed by atoms with Crippen LogP contribution in [-0.4, -0.2) is 40.2 Å². The van der Waals surface area contributed by atoms with Crippen molar-refractivity contribution in [1.29, 1.82) is 0 Å². The van der Waals surface area contributed by atoms with Gasteiger partial charge >= 0.3 is 5.97 Å². The zero-order chi connectivity index (χ0) is 33.5. The monoisotopic (exact) mass is 630 g/mol. The number of anilines is 2. The van der Waals surface area contributed by atoms with Gasteiger partial charge in [0, 0.05) is 23.5 Å². The summed E-state index contributed by atoms with van der Waals surface area (Å²) in [6.45, 7) is 16.7. The van der Waals surface area contributed by atoms with Gasteiger partial charge in [0.15, 0.2) is 0 Å². The number of hydrogen-bond donors (Lipinski definition) is 3. The van der Waals surface area contributed by atoms with Gasteiger partial charge in [0.05, 0.1) is 26.1 Å². The smallest absolute Gasteiger partial charge is 0.307 e. The number of aliphatic carboxylic acids is 1. The lowest BCUT2D eigenvalue weighted by molar-refractivity contribution is -0.136. The van der Waals surface area contributed by atoms with E-state index in [4.69, 9.17) is 20.3 Å². The van der Waals surface area contributed by atoms with E-state index in [1.54, 1.807) is 12.4 Å². The standard InChI is InChI=1S/C18H22N2O2.C12H16O3.C6H8N2.CH4/c1-5-22-17-13(3)9-8-12(2)15(17)11-16(21)20-18-14(4)7-6-10-19-18;1-4-15-12-9(3)6-5-8(2)10(12)7-11(13)14;1-5-3-2-4-8-6(5)7;/h6-10H,5,11H2,1-4H3,(H,19,20,21);5-6H,4,7H2,1-3H3,(H,13,14);2-4H,1H3,(H2,7,8);1H4. The highest BCUT2D eigenvalue weighted by atomic mass is 16.5. The molecule has 0 saturated carbocycles. The zero-order valence-corrected chi connectivity index (χ0v) is 27.7. The number of carboxylic acids is 1. The molecule has 9 nitrogen and oxygen atoms in total. The van der Waals surface area contributed by atoms with Crippen molar-refractivity contribution < 1.29 is 24.2 Å². The number of carbonyl (C=O) groups excluding carboxylic acids is 1. The molecule has 248 valence electrons. The van der Waals surface area contributed by atoms with Crippen LogP contribution in [-0.2, 0) is 22.4 Å². The lowest BCUT2D eigenvalue weighted by Crippen LogP contribution is -2.17. The largest absolute Gasteiger partial charge is 0.493 e. The maximum atomic E-state index is 12.3. The minimum Gasteiger partial charge on any atom is -0.493 e. The first-order valence-corrected chi connectivity index (χ1v) is 14.9. The van der Waals surface area contributed by atoms with Crippen LogP contribution in [0.4, 0.5) is 11.6 Å². The molecule has 46 heavy (non-hydrogen) atoms. The number of nitrogens with one attached hydrogen (secondary N) is 1. The Hall–Kier alpha value is -4.92. The number of aromatic nitrogens is 2. The predicted molar refractivity (Wildman–Crippen MR) is 187 cm³/mol. The molecule has 2 heterocycles. The highest BCUT2D eigenvalue weighted by Crippen LogP contribution is 2.28. The molecule has 4 N–H and O–H groups in total. The van der Waals surface area contributed by atoms with Crippen LogP contribution in [0, 0.1) is 41.5 Å². The maximum absolute atomic E-state index is 12.3. The average Bonchev–Trinajstić information content (AvgIpc) is 2.99. The second kappa shape index (κ2) is 19.5. The highest BCUT2D eigenvalue weighted by Gasteiger charge is 2.15. The summed E-state index contributed by atoms with van der Waals surface area (Å²) in [5.41, 5.74) is 13.2. The second-order valence-electron chi connectivity index (χ2n) is 10.6. The van der Waals surface area contributed by atoms with Crippen LogP contribution in [0.25, 0.3) is 0 Å².